The minimum Gasteiger partial charge on any atom is -0.476 e. The summed E-state index contributed by atoms with van der Waals surface area (Å²) in [6, 6.07) is 7.84. The lowest BCUT2D eigenvalue weighted by Crippen LogP contribution is -2.57. The molecule has 1 aliphatic carbocycles. The van der Waals surface area contributed by atoms with E-state index >= 15 is 0 Å². The Bertz CT molecular complexity index is 1840. The molecule has 1 unspecified atom stereocenters. The molecule has 13 nitrogen and oxygen atoms in total. The van der Waals surface area contributed by atoms with Crippen molar-refractivity contribution in [3.8, 4) is 11.9 Å². The van der Waals surface area contributed by atoms with Crippen molar-refractivity contribution >= 4 is 53.8 Å². The van der Waals surface area contributed by atoms with E-state index in [1.165, 1.54) is 28.4 Å². The lowest BCUT2D eigenvalue weighted by Gasteiger charge is -2.44. The molecular weight excluding hydrogens is 787 g/mol. The zero-order valence-corrected chi connectivity index (χ0v) is 34.1. The molecule has 0 bridgehead atoms. The molecule has 0 spiro atoms. The van der Waals surface area contributed by atoms with Gasteiger partial charge in [-0.1, -0.05) is 0 Å². The Hall–Kier alpha value is -3.95. The summed E-state index contributed by atoms with van der Waals surface area (Å²) in [4.78, 5) is 60.7. The molecule has 4 heterocycles. The Labute approximate surface area is 341 Å². The molecule has 57 heavy (non-hydrogen) atoms. The summed E-state index contributed by atoms with van der Waals surface area (Å²) in [5.74, 6) is -1.10. The Balaban J connectivity index is 0.00000620. The number of hydrogen-bond acceptors (Lipinski definition) is 11. The largest absolute Gasteiger partial charge is 0.476 e. The van der Waals surface area contributed by atoms with Gasteiger partial charge in [0.1, 0.15) is 12.1 Å². The molecule has 1 saturated carbocycles. The maximum atomic E-state index is 13.6. The fourth-order valence-electron chi connectivity index (χ4n) is 8.06. The molecule has 4 aliphatic rings. The van der Waals surface area contributed by atoms with Crippen LogP contribution in [0.25, 0.3) is 0 Å². The smallest absolute Gasteiger partial charge is 0.417 e. The monoisotopic (exact) mass is 835 g/mol. The van der Waals surface area contributed by atoms with Gasteiger partial charge in [0.25, 0.3) is 5.91 Å². The summed E-state index contributed by atoms with van der Waals surface area (Å²) in [6.07, 6.45) is 0.735. The molecule has 6 rings (SSSR count). The van der Waals surface area contributed by atoms with E-state index in [9.17, 15) is 32.3 Å². The fourth-order valence-corrected chi connectivity index (χ4v) is 9.36. The maximum absolute atomic E-state index is 13.6. The number of aromatic nitrogens is 1. The predicted octanol–water partition coefficient (Wildman–Crippen LogP) is 5.91. The van der Waals surface area contributed by atoms with Crippen molar-refractivity contribution in [1.82, 2.24) is 24.4 Å². The number of amides is 5. The average Bonchev–Trinajstić information content (AvgIpc) is 3.31. The molecule has 1 aromatic heterocycles. The quantitative estimate of drug-likeness (QED) is 0.155. The third kappa shape index (κ3) is 10.0. The van der Waals surface area contributed by atoms with Gasteiger partial charge in [-0.2, -0.15) is 18.4 Å². The van der Waals surface area contributed by atoms with E-state index in [1.54, 1.807) is 32.2 Å². The summed E-state index contributed by atoms with van der Waals surface area (Å²) in [6.45, 7) is 11.9. The summed E-state index contributed by atoms with van der Waals surface area (Å²) < 4.78 is 54.6. The summed E-state index contributed by atoms with van der Waals surface area (Å²) in [7, 11) is 0. The highest BCUT2D eigenvalue weighted by molar-refractivity contribution is 7.98. The molecule has 3 aliphatic heterocycles. The number of nitrogens with one attached hydrogen (secondary N) is 1. The number of alkyl halides is 3. The van der Waals surface area contributed by atoms with Crippen LogP contribution in [-0.4, -0.2) is 111 Å². The van der Waals surface area contributed by atoms with Gasteiger partial charge in [0.15, 0.2) is 0 Å². The van der Waals surface area contributed by atoms with Crippen LogP contribution in [0.4, 0.5) is 23.7 Å². The fraction of sp³-hybridized carbons (Fsp3) is 0.590. The SMILES string of the molecule is C[C@@H]1CN(CCOC2CCC(SN3C(=O)N(c4ccc(C#N)c(C(F)(F)F)c4)C(=O)C3(C)C)CC2)C[C@H](C)N1CCOc1cc(C2CCC(=O)NC2=O)ccn1.Cl. The topological polar surface area (TPSA) is 148 Å². The third-order valence-corrected chi connectivity index (χ3v) is 12.7. The number of urea groups is 1. The minimum atomic E-state index is -4.82. The lowest BCUT2D eigenvalue weighted by atomic mass is 9.91. The molecular formula is C39H49ClF3N7O6S. The number of pyridine rings is 1. The Morgan fingerprint density at radius 1 is 0.982 bits per heavy atom. The van der Waals surface area contributed by atoms with Gasteiger partial charge in [0, 0.05) is 62.2 Å². The van der Waals surface area contributed by atoms with E-state index < -0.39 is 40.7 Å². The number of nitriles is 1. The van der Waals surface area contributed by atoms with E-state index in [4.69, 9.17) is 14.7 Å². The third-order valence-electron chi connectivity index (χ3n) is 11.1. The summed E-state index contributed by atoms with van der Waals surface area (Å²) >= 11 is 1.26. The normalized spacial score (nSPS) is 25.9. The van der Waals surface area contributed by atoms with Crippen LogP contribution in [0.3, 0.4) is 0 Å². The molecule has 18 heteroatoms. The van der Waals surface area contributed by atoms with Crippen molar-refractivity contribution < 1.29 is 41.8 Å². The highest BCUT2D eigenvalue weighted by atomic mass is 35.5. The number of carbonyl (C=O) groups is 4. The summed E-state index contributed by atoms with van der Waals surface area (Å²) in [5.41, 5.74) is -2.49. The Morgan fingerprint density at radius 2 is 1.68 bits per heavy atom. The van der Waals surface area contributed by atoms with E-state index in [0.29, 0.717) is 50.1 Å². The van der Waals surface area contributed by atoms with Crippen LogP contribution in [0, 0.1) is 11.3 Å². The number of hydrogen-bond donors (Lipinski definition) is 1. The van der Waals surface area contributed by atoms with Crippen LogP contribution >= 0.6 is 24.4 Å². The van der Waals surface area contributed by atoms with Crippen molar-refractivity contribution in [3.05, 3.63) is 53.2 Å². The molecule has 5 amide bonds. The standard InChI is InChI=1S/C39H48F3N7O6S.ClH/c1-24-22-46(23-25(2)47(24)16-18-55-34-19-26(13-14-44-34)31-11-12-33(50)45-35(31)51)15-17-54-29-7-9-30(10-8-29)56-49-37(53)48(36(52)38(49,3)4)28-6-5-27(21-43)32(20-28)39(40,41)42;/h5-6,13-14,19-20,24-25,29-31H,7-12,15-18,22-23H2,1-4H3,(H,45,50,51);1H/t24-,25+,29?,30?,31?;. The van der Waals surface area contributed by atoms with Gasteiger partial charge in [-0.05, 0) is 102 Å². The van der Waals surface area contributed by atoms with Gasteiger partial charge in [-0.25, -0.2) is 14.7 Å². The molecule has 0 radical (unpaired) electrons. The van der Waals surface area contributed by atoms with Crippen LogP contribution in [-0.2, 0) is 25.3 Å². The summed E-state index contributed by atoms with van der Waals surface area (Å²) in [5, 5.41) is 11.6. The van der Waals surface area contributed by atoms with Gasteiger partial charge in [0.2, 0.25) is 17.7 Å². The van der Waals surface area contributed by atoms with E-state index in [1.807, 2.05) is 0 Å². The number of carbonyl (C=O) groups excluding carboxylic acids is 4. The number of piperidine rings is 1. The zero-order valence-electron chi connectivity index (χ0n) is 32.4. The van der Waals surface area contributed by atoms with Gasteiger partial charge in [-0.3, -0.25) is 33.8 Å². The number of nitrogens with zero attached hydrogens (tertiary/aromatic N) is 6. The second kappa shape index (κ2) is 18.3. The molecule has 310 valence electrons. The van der Waals surface area contributed by atoms with Crippen molar-refractivity contribution in [2.45, 2.75) is 107 Å². The van der Waals surface area contributed by atoms with Crippen molar-refractivity contribution in [2.24, 2.45) is 0 Å². The van der Waals surface area contributed by atoms with Crippen molar-refractivity contribution in [1.29, 1.82) is 5.26 Å². The molecule has 3 atom stereocenters. The molecule has 1 aromatic carbocycles. The lowest BCUT2D eigenvalue weighted by molar-refractivity contribution is -0.138. The highest BCUT2D eigenvalue weighted by Crippen LogP contribution is 2.43. The van der Waals surface area contributed by atoms with Gasteiger partial charge in [0.05, 0.1) is 41.5 Å². The number of anilines is 1. The first-order valence-corrected chi connectivity index (χ1v) is 19.9. The first kappa shape index (κ1) is 44.2. The molecule has 4 fully saturated rings. The van der Waals surface area contributed by atoms with Gasteiger partial charge < -0.3 is 9.47 Å². The number of imide groups is 2. The second-order valence-electron chi connectivity index (χ2n) is 15.5. The van der Waals surface area contributed by atoms with Crippen LogP contribution in [0.15, 0.2) is 36.5 Å². The predicted molar refractivity (Wildman–Crippen MR) is 209 cm³/mol. The molecule has 3 saturated heterocycles. The number of benzene rings is 1. The van der Waals surface area contributed by atoms with E-state index in [2.05, 4.69) is 33.9 Å². The van der Waals surface area contributed by atoms with Crippen LogP contribution in [0.5, 0.6) is 5.88 Å². The Kier molecular flexibility index (Phi) is 14.2. The van der Waals surface area contributed by atoms with Gasteiger partial charge in [-0.15, -0.1) is 12.4 Å². The van der Waals surface area contributed by atoms with Crippen molar-refractivity contribution in [3.63, 3.8) is 0 Å². The van der Waals surface area contributed by atoms with E-state index in [0.717, 1.165) is 68.4 Å². The number of rotatable bonds is 12. The zero-order chi connectivity index (χ0) is 40.4. The highest BCUT2D eigenvalue weighted by Gasteiger charge is 2.53. The molecule has 2 aromatic rings. The number of halogens is 4. The van der Waals surface area contributed by atoms with Crippen molar-refractivity contribution in [2.75, 3.05) is 44.3 Å². The number of piperazine rings is 1. The number of ether oxygens (including phenoxy) is 2. The second-order valence-corrected chi connectivity index (χ2v) is 16.7. The minimum absolute atomic E-state index is 0. The Morgan fingerprint density at radius 3 is 2.33 bits per heavy atom. The van der Waals surface area contributed by atoms with E-state index in [-0.39, 0.29) is 41.3 Å². The van der Waals surface area contributed by atoms with Crippen LogP contribution < -0.4 is 15.0 Å². The average molecular weight is 836 g/mol. The maximum Gasteiger partial charge on any atom is 0.417 e. The first-order valence-electron chi connectivity index (χ1n) is 19.1. The molecule has 1 N–H and O–H groups in total. The van der Waals surface area contributed by atoms with Crippen LogP contribution in [0.1, 0.15) is 88.8 Å². The van der Waals surface area contributed by atoms with Crippen LogP contribution in [0.2, 0.25) is 0 Å². The first-order chi connectivity index (χ1) is 26.6. The van der Waals surface area contributed by atoms with Gasteiger partial charge >= 0.3 is 12.2 Å².